The van der Waals surface area contributed by atoms with E-state index in [2.05, 4.69) is 10.4 Å². The minimum Gasteiger partial charge on any atom is -0.324 e. The maximum atomic E-state index is 13.6. The summed E-state index contributed by atoms with van der Waals surface area (Å²) in [5.74, 6) is 0.384. The molecule has 3 N–H and O–H groups in total. The van der Waals surface area contributed by atoms with Crippen LogP contribution in [0.25, 0.3) is 21.7 Å². The molecule has 0 bridgehead atoms. The minimum atomic E-state index is -3.86. The highest BCUT2D eigenvalue weighted by molar-refractivity contribution is 7.90. The van der Waals surface area contributed by atoms with Crippen LogP contribution in [0.3, 0.4) is 0 Å². The molecule has 1 aliphatic rings. The third-order valence-electron chi connectivity index (χ3n) is 6.09. The fourth-order valence-corrected chi connectivity index (χ4v) is 5.89. The van der Waals surface area contributed by atoms with Gasteiger partial charge in [-0.15, -0.1) is 0 Å². The molecule has 1 aromatic heterocycles. The molecule has 6 nitrogen and oxygen atoms in total. The van der Waals surface area contributed by atoms with Crippen molar-refractivity contribution in [2.45, 2.75) is 23.8 Å². The number of hydrogen-bond donors (Lipinski definition) is 2. The van der Waals surface area contributed by atoms with Gasteiger partial charge in [-0.05, 0) is 54.9 Å². The number of nitrogens with one attached hydrogen (secondary N) is 1. The largest absolute Gasteiger partial charge is 0.324 e. The molecule has 1 aliphatic heterocycles. The Labute approximate surface area is 175 Å². The van der Waals surface area contributed by atoms with Crippen molar-refractivity contribution < 1.29 is 8.42 Å². The lowest BCUT2D eigenvalue weighted by Gasteiger charge is -2.28. The first-order valence-corrected chi connectivity index (χ1v) is 11.7. The predicted octanol–water partition coefficient (Wildman–Crippen LogP) is 3.43. The van der Waals surface area contributed by atoms with Gasteiger partial charge in [0.15, 0.2) is 0 Å². The van der Waals surface area contributed by atoms with Crippen LogP contribution in [0, 0.1) is 5.92 Å². The van der Waals surface area contributed by atoms with E-state index in [4.69, 9.17) is 5.73 Å². The average Bonchev–Trinajstić information content (AvgIpc) is 3.23. The van der Waals surface area contributed by atoms with Crippen LogP contribution < -0.4 is 11.1 Å². The van der Waals surface area contributed by atoms with E-state index in [0.29, 0.717) is 16.8 Å². The van der Waals surface area contributed by atoms with Gasteiger partial charge < -0.3 is 11.1 Å². The number of piperidine rings is 1. The average molecular weight is 421 g/mol. The highest BCUT2D eigenvalue weighted by Gasteiger charge is 2.25. The number of nitrogens with two attached hydrogens (primary N) is 1. The molecule has 1 atom stereocenters. The second-order valence-electron chi connectivity index (χ2n) is 7.90. The molecular formula is C23H24N4O2S. The molecule has 2 heterocycles. The van der Waals surface area contributed by atoms with Crippen LogP contribution in [0.4, 0.5) is 0 Å². The summed E-state index contributed by atoms with van der Waals surface area (Å²) in [7, 11) is -3.86. The number of rotatable bonds is 4. The number of aromatic nitrogens is 2. The van der Waals surface area contributed by atoms with Gasteiger partial charge in [-0.3, -0.25) is 0 Å². The summed E-state index contributed by atoms with van der Waals surface area (Å²) < 4.78 is 28.3. The van der Waals surface area contributed by atoms with Gasteiger partial charge in [0, 0.05) is 16.8 Å². The quantitative estimate of drug-likeness (QED) is 0.528. The fourth-order valence-electron chi connectivity index (χ4n) is 4.40. The van der Waals surface area contributed by atoms with Crippen molar-refractivity contribution in [1.82, 2.24) is 14.5 Å². The highest BCUT2D eigenvalue weighted by Crippen LogP contribution is 2.31. The molecular weight excluding hydrogens is 396 g/mol. The molecule has 0 spiro atoms. The maximum absolute atomic E-state index is 13.6. The maximum Gasteiger partial charge on any atom is 0.284 e. The van der Waals surface area contributed by atoms with E-state index < -0.39 is 10.0 Å². The Hall–Kier alpha value is -2.74. The molecule has 5 rings (SSSR count). The Balaban J connectivity index is 1.61. The van der Waals surface area contributed by atoms with E-state index in [1.807, 2.05) is 48.5 Å². The predicted molar refractivity (Wildman–Crippen MR) is 119 cm³/mol. The molecule has 1 unspecified atom stereocenters. The standard InChI is InChI=1S/C23H24N4O2S/c24-23(17-10-12-25-13-11-17)18-8-9-19-15-26-27(21(19)14-18)30(28,29)22-7-3-5-16-4-1-2-6-20(16)22/h1-9,14-15,17,23,25H,10-13,24H2. The van der Waals surface area contributed by atoms with E-state index in [9.17, 15) is 8.42 Å². The van der Waals surface area contributed by atoms with Gasteiger partial charge in [-0.2, -0.15) is 17.6 Å². The van der Waals surface area contributed by atoms with Crippen molar-refractivity contribution in [2.24, 2.45) is 11.7 Å². The van der Waals surface area contributed by atoms with Crippen LogP contribution in [0.5, 0.6) is 0 Å². The zero-order valence-corrected chi connectivity index (χ0v) is 17.3. The van der Waals surface area contributed by atoms with Crippen LogP contribution in [-0.4, -0.2) is 30.7 Å². The van der Waals surface area contributed by atoms with E-state index in [0.717, 1.165) is 46.4 Å². The van der Waals surface area contributed by atoms with Crippen molar-refractivity contribution in [3.63, 3.8) is 0 Å². The Kier molecular flexibility index (Phi) is 4.81. The molecule has 0 radical (unpaired) electrons. The zero-order valence-electron chi connectivity index (χ0n) is 16.5. The summed E-state index contributed by atoms with van der Waals surface area (Å²) in [6.45, 7) is 1.93. The summed E-state index contributed by atoms with van der Waals surface area (Å²) in [6, 6.07) is 18.4. The van der Waals surface area contributed by atoms with Gasteiger partial charge in [-0.1, -0.05) is 48.5 Å². The summed E-state index contributed by atoms with van der Waals surface area (Å²) in [5.41, 5.74) is 8.08. The lowest BCUT2D eigenvalue weighted by atomic mass is 9.86. The third kappa shape index (κ3) is 3.19. The monoisotopic (exact) mass is 420 g/mol. The molecule has 1 saturated heterocycles. The molecule has 4 aromatic rings. The van der Waals surface area contributed by atoms with Crippen LogP contribution >= 0.6 is 0 Å². The number of nitrogens with zero attached hydrogens (tertiary/aromatic N) is 2. The SMILES string of the molecule is NC(c1ccc2cnn(S(=O)(=O)c3cccc4ccccc34)c2c1)C1CCNCC1. The van der Waals surface area contributed by atoms with Gasteiger partial charge in [0.2, 0.25) is 0 Å². The molecule has 0 aliphatic carbocycles. The van der Waals surface area contributed by atoms with Gasteiger partial charge >= 0.3 is 0 Å². The summed E-state index contributed by atoms with van der Waals surface area (Å²) in [6.07, 6.45) is 3.64. The highest BCUT2D eigenvalue weighted by atomic mass is 32.2. The summed E-state index contributed by atoms with van der Waals surface area (Å²) in [4.78, 5) is 0.249. The van der Waals surface area contributed by atoms with Gasteiger partial charge in [0.1, 0.15) is 0 Å². The number of hydrogen-bond acceptors (Lipinski definition) is 5. The molecule has 3 aromatic carbocycles. The molecule has 0 saturated carbocycles. The smallest absolute Gasteiger partial charge is 0.284 e. The first kappa shape index (κ1) is 19.2. The Morgan fingerprint density at radius 2 is 1.77 bits per heavy atom. The Morgan fingerprint density at radius 1 is 1.00 bits per heavy atom. The second-order valence-corrected chi connectivity index (χ2v) is 9.64. The molecule has 154 valence electrons. The number of fused-ring (bicyclic) bond motifs is 2. The summed E-state index contributed by atoms with van der Waals surface area (Å²) in [5, 5.41) is 9.94. The van der Waals surface area contributed by atoms with Crippen molar-refractivity contribution >= 4 is 31.7 Å². The van der Waals surface area contributed by atoms with Crippen LogP contribution in [-0.2, 0) is 10.0 Å². The normalized spacial score (nSPS) is 16.8. The molecule has 30 heavy (non-hydrogen) atoms. The molecule has 7 heteroatoms. The van der Waals surface area contributed by atoms with Crippen molar-refractivity contribution in [2.75, 3.05) is 13.1 Å². The minimum absolute atomic E-state index is 0.125. The van der Waals surface area contributed by atoms with E-state index in [1.54, 1.807) is 18.3 Å². The van der Waals surface area contributed by atoms with E-state index in [-0.39, 0.29) is 10.9 Å². The van der Waals surface area contributed by atoms with Crippen molar-refractivity contribution in [1.29, 1.82) is 0 Å². The second kappa shape index (κ2) is 7.50. The van der Waals surface area contributed by atoms with Gasteiger partial charge in [0.05, 0.1) is 16.6 Å². The zero-order chi connectivity index (χ0) is 20.7. The lowest BCUT2D eigenvalue weighted by Crippen LogP contribution is -2.33. The van der Waals surface area contributed by atoms with Crippen LogP contribution in [0.15, 0.2) is 71.8 Å². The first-order chi connectivity index (χ1) is 14.6. The third-order valence-corrected chi connectivity index (χ3v) is 7.75. The van der Waals surface area contributed by atoms with Crippen molar-refractivity contribution in [3.05, 3.63) is 72.4 Å². The Morgan fingerprint density at radius 3 is 2.60 bits per heavy atom. The van der Waals surface area contributed by atoms with Gasteiger partial charge in [-0.25, -0.2) is 0 Å². The molecule has 0 amide bonds. The van der Waals surface area contributed by atoms with Crippen LogP contribution in [0.2, 0.25) is 0 Å². The van der Waals surface area contributed by atoms with Crippen molar-refractivity contribution in [3.8, 4) is 0 Å². The fraction of sp³-hybridized carbons (Fsp3) is 0.261. The topological polar surface area (TPSA) is 90.0 Å². The van der Waals surface area contributed by atoms with Gasteiger partial charge in [0.25, 0.3) is 10.0 Å². The Bertz CT molecular complexity index is 1320. The van der Waals surface area contributed by atoms with Crippen LogP contribution in [0.1, 0.15) is 24.4 Å². The number of benzene rings is 3. The first-order valence-electron chi connectivity index (χ1n) is 10.2. The lowest BCUT2D eigenvalue weighted by molar-refractivity contribution is 0.322. The summed E-state index contributed by atoms with van der Waals surface area (Å²) >= 11 is 0. The molecule has 1 fully saturated rings. The van der Waals surface area contributed by atoms with E-state index in [1.165, 1.54) is 0 Å². The van der Waals surface area contributed by atoms with E-state index >= 15 is 0 Å².